The fraction of sp³-hybridized carbons (Fsp3) is 0.364. The maximum atomic E-state index is 10.9. The lowest BCUT2D eigenvalue weighted by atomic mass is 9.99. The highest BCUT2D eigenvalue weighted by Gasteiger charge is 2.25. The van der Waals surface area contributed by atoms with E-state index in [0.717, 1.165) is 0 Å². The molecule has 1 aromatic carbocycles. The van der Waals surface area contributed by atoms with E-state index in [2.05, 4.69) is 5.32 Å². The highest BCUT2D eigenvalue weighted by molar-refractivity contribution is 5.78. The largest absolute Gasteiger partial charge is 0.393 e. The molecule has 0 atom stereocenters. The van der Waals surface area contributed by atoms with Crippen LogP contribution in [0.15, 0.2) is 18.2 Å². The summed E-state index contributed by atoms with van der Waals surface area (Å²) in [5, 5.41) is 13.9. The highest BCUT2D eigenvalue weighted by Crippen LogP contribution is 2.32. The zero-order valence-electron chi connectivity index (χ0n) is 10.3. The normalized spacial score (nSPS) is 11.0. The maximum absolute atomic E-state index is 10.9. The van der Waals surface area contributed by atoms with Crippen molar-refractivity contribution in [3.05, 3.63) is 28.3 Å². The Morgan fingerprint density at radius 1 is 1.50 bits per heavy atom. The molecule has 1 amide bonds. The first-order valence-corrected chi connectivity index (χ1v) is 5.32. The van der Waals surface area contributed by atoms with Gasteiger partial charge < -0.3 is 16.8 Å². The number of nitrogens with zero attached hydrogens (tertiary/aromatic N) is 1. The van der Waals surface area contributed by atoms with E-state index in [1.807, 2.05) is 0 Å². The number of benzene rings is 1. The van der Waals surface area contributed by atoms with Crippen molar-refractivity contribution in [3.63, 3.8) is 0 Å². The van der Waals surface area contributed by atoms with Crippen molar-refractivity contribution in [1.82, 2.24) is 0 Å². The van der Waals surface area contributed by atoms with Gasteiger partial charge in [-0.3, -0.25) is 14.9 Å². The van der Waals surface area contributed by atoms with Crippen molar-refractivity contribution in [2.45, 2.75) is 25.8 Å². The van der Waals surface area contributed by atoms with Crippen molar-refractivity contribution in [2.24, 2.45) is 5.73 Å². The summed E-state index contributed by atoms with van der Waals surface area (Å²) in [6.07, 6.45) is 0.0545. The van der Waals surface area contributed by atoms with Gasteiger partial charge in [0.05, 0.1) is 4.92 Å². The number of nitro benzene ring substituents is 1. The van der Waals surface area contributed by atoms with E-state index in [4.69, 9.17) is 11.5 Å². The van der Waals surface area contributed by atoms with E-state index in [1.165, 1.54) is 12.1 Å². The lowest BCUT2D eigenvalue weighted by Crippen LogP contribution is -2.36. The van der Waals surface area contributed by atoms with Gasteiger partial charge in [0.2, 0.25) is 5.91 Å². The molecule has 0 aromatic heterocycles. The monoisotopic (exact) mass is 252 g/mol. The Labute approximate surface area is 104 Å². The number of hydrogen-bond donors (Lipinski definition) is 3. The number of rotatable bonds is 5. The van der Waals surface area contributed by atoms with Gasteiger partial charge in [-0.1, -0.05) is 6.07 Å². The third-order valence-electron chi connectivity index (χ3n) is 2.34. The van der Waals surface area contributed by atoms with E-state index in [1.54, 1.807) is 19.9 Å². The standard InChI is InChI=1S/C11H16N4O3/c1-11(2,6-9(13)16)14-8-5-3-4-7(12)10(8)15(17)18/h3-5,14H,6,12H2,1-2H3,(H2,13,16). The predicted molar refractivity (Wildman–Crippen MR) is 69.0 cm³/mol. The molecular weight excluding hydrogens is 236 g/mol. The van der Waals surface area contributed by atoms with Gasteiger partial charge in [0.1, 0.15) is 11.4 Å². The molecule has 98 valence electrons. The highest BCUT2D eigenvalue weighted by atomic mass is 16.6. The van der Waals surface area contributed by atoms with Crippen LogP contribution in [0.4, 0.5) is 17.1 Å². The number of primary amides is 1. The van der Waals surface area contributed by atoms with Crippen molar-refractivity contribution < 1.29 is 9.72 Å². The summed E-state index contributed by atoms with van der Waals surface area (Å²) in [4.78, 5) is 21.3. The second-order valence-corrected chi connectivity index (χ2v) is 4.65. The number of carbonyl (C=O) groups is 1. The number of carbonyl (C=O) groups excluding carboxylic acids is 1. The van der Waals surface area contributed by atoms with Gasteiger partial charge in [0.15, 0.2) is 0 Å². The van der Waals surface area contributed by atoms with Crippen LogP contribution in [0.25, 0.3) is 0 Å². The molecule has 5 N–H and O–H groups in total. The minimum absolute atomic E-state index is 0.0545. The van der Waals surface area contributed by atoms with Gasteiger partial charge in [-0.2, -0.15) is 0 Å². The van der Waals surface area contributed by atoms with Crippen LogP contribution in [0.5, 0.6) is 0 Å². The number of amides is 1. The summed E-state index contributed by atoms with van der Waals surface area (Å²) in [6.45, 7) is 3.45. The van der Waals surface area contributed by atoms with Crippen LogP contribution < -0.4 is 16.8 Å². The summed E-state index contributed by atoms with van der Waals surface area (Å²) >= 11 is 0. The molecule has 0 aliphatic carbocycles. The third-order valence-corrected chi connectivity index (χ3v) is 2.34. The van der Waals surface area contributed by atoms with Crippen LogP contribution in [-0.2, 0) is 4.79 Å². The van der Waals surface area contributed by atoms with Gasteiger partial charge in [-0.05, 0) is 26.0 Å². The number of anilines is 2. The molecule has 0 aliphatic heterocycles. The molecule has 7 nitrogen and oxygen atoms in total. The molecule has 0 saturated carbocycles. The fourth-order valence-corrected chi connectivity index (χ4v) is 1.71. The Kier molecular flexibility index (Phi) is 3.75. The maximum Gasteiger partial charge on any atom is 0.314 e. The Morgan fingerprint density at radius 2 is 2.11 bits per heavy atom. The molecule has 0 radical (unpaired) electrons. The van der Waals surface area contributed by atoms with Crippen molar-refractivity contribution in [1.29, 1.82) is 0 Å². The lowest BCUT2D eigenvalue weighted by molar-refractivity contribution is -0.383. The van der Waals surface area contributed by atoms with E-state index < -0.39 is 16.4 Å². The van der Waals surface area contributed by atoms with Gasteiger partial charge in [-0.25, -0.2) is 0 Å². The minimum atomic E-state index is -0.690. The molecule has 7 heteroatoms. The number of nitrogens with two attached hydrogens (primary N) is 2. The first kappa shape index (κ1) is 13.8. The molecule has 0 bridgehead atoms. The molecule has 0 spiro atoms. The summed E-state index contributed by atoms with van der Waals surface area (Å²) in [5.41, 5.74) is 10.1. The summed E-state index contributed by atoms with van der Waals surface area (Å²) in [5.74, 6) is -0.487. The Balaban J connectivity index is 3.08. The zero-order chi connectivity index (χ0) is 13.9. The third kappa shape index (κ3) is 3.34. The van der Waals surface area contributed by atoms with E-state index in [-0.39, 0.29) is 23.5 Å². The van der Waals surface area contributed by atoms with Crippen molar-refractivity contribution in [2.75, 3.05) is 11.1 Å². The Hall–Kier alpha value is -2.31. The smallest absolute Gasteiger partial charge is 0.314 e. The van der Waals surface area contributed by atoms with Crippen LogP contribution in [0, 0.1) is 10.1 Å². The molecule has 18 heavy (non-hydrogen) atoms. The number of para-hydroxylation sites is 1. The summed E-state index contributed by atoms with van der Waals surface area (Å²) in [7, 11) is 0. The zero-order valence-corrected chi connectivity index (χ0v) is 10.3. The SMILES string of the molecule is CC(C)(CC(N)=O)Nc1cccc(N)c1[N+](=O)[O-]. The van der Waals surface area contributed by atoms with Crippen molar-refractivity contribution >= 4 is 23.0 Å². The van der Waals surface area contributed by atoms with Crippen LogP contribution in [-0.4, -0.2) is 16.4 Å². The average molecular weight is 252 g/mol. The van der Waals surface area contributed by atoms with Crippen LogP contribution in [0.2, 0.25) is 0 Å². The first-order chi connectivity index (χ1) is 8.23. The minimum Gasteiger partial charge on any atom is -0.393 e. The predicted octanol–water partition coefficient (Wildman–Crippen LogP) is 1.24. The Morgan fingerprint density at radius 3 is 2.61 bits per heavy atom. The number of hydrogen-bond acceptors (Lipinski definition) is 5. The van der Waals surface area contributed by atoms with E-state index >= 15 is 0 Å². The quantitative estimate of drug-likeness (QED) is 0.413. The van der Waals surface area contributed by atoms with E-state index in [9.17, 15) is 14.9 Å². The molecule has 0 heterocycles. The van der Waals surface area contributed by atoms with Gasteiger partial charge in [-0.15, -0.1) is 0 Å². The number of nitrogen functional groups attached to an aromatic ring is 1. The topological polar surface area (TPSA) is 124 Å². The second kappa shape index (κ2) is 4.91. The molecule has 1 aromatic rings. The fourth-order valence-electron chi connectivity index (χ4n) is 1.71. The molecular formula is C11H16N4O3. The molecule has 0 unspecified atom stereocenters. The first-order valence-electron chi connectivity index (χ1n) is 5.32. The molecule has 0 saturated heterocycles. The number of nitro groups is 1. The van der Waals surface area contributed by atoms with Crippen LogP contribution >= 0.6 is 0 Å². The molecule has 1 rings (SSSR count). The van der Waals surface area contributed by atoms with Crippen LogP contribution in [0.1, 0.15) is 20.3 Å². The lowest BCUT2D eigenvalue weighted by Gasteiger charge is -2.26. The summed E-state index contributed by atoms with van der Waals surface area (Å²) < 4.78 is 0. The van der Waals surface area contributed by atoms with E-state index in [0.29, 0.717) is 0 Å². The molecule has 0 aliphatic rings. The number of nitrogens with one attached hydrogen (secondary N) is 1. The van der Waals surface area contributed by atoms with Gasteiger partial charge >= 0.3 is 5.69 Å². The molecule has 0 fully saturated rings. The van der Waals surface area contributed by atoms with Crippen LogP contribution in [0.3, 0.4) is 0 Å². The second-order valence-electron chi connectivity index (χ2n) is 4.65. The van der Waals surface area contributed by atoms with Gasteiger partial charge in [0, 0.05) is 12.0 Å². The Bertz CT molecular complexity index is 485. The summed E-state index contributed by atoms with van der Waals surface area (Å²) in [6, 6.07) is 4.59. The van der Waals surface area contributed by atoms with Gasteiger partial charge in [0.25, 0.3) is 0 Å². The average Bonchev–Trinajstić information content (AvgIpc) is 2.13. The van der Waals surface area contributed by atoms with Crippen molar-refractivity contribution in [3.8, 4) is 0 Å².